The molecule has 0 atom stereocenters. The monoisotopic (exact) mass is 377 g/mol. The number of nitrogens with zero attached hydrogens (tertiary/aromatic N) is 4. The first-order valence-electron chi connectivity index (χ1n) is 10.4. The molecule has 0 unspecified atom stereocenters. The maximum atomic E-state index is 12.6. The smallest absolute Gasteiger partial charge is 0.222 e. The van der Waals surface area contributed by atoms with Crippen molar-refractivity contribution in [3.05, 3.63) is 18.0 Å². The summed E-state index contributed by atoms with van der Waals surface area (Å²) >= 11 is 0. The van der Waals surface area contributed by atoms with E-state index in [9.17, 15) is 9.59 Å². The number of amides is 1. The first-order valence-corrected chi connectivity index (χ1v) is 10.4. The summed E-state index contributed by atoms with van der Waals surface area (Å²) < 4.78 is 2.01. The van der Waals surface area contributed by atoms with E-state index in [-0.39, 0.29) is 5.91 Å². The van der Waals surface area contributed by atoms with E-state index in [4.69, 9.17) is 5.73 Å². The maximum absolute atomic E-state index is 12.6. The molecule has 152 valence electrons. The molecule has 2 fully saturated rings. The van der Waals surface area contributed by atoms with E-state index < -0.39 is 0 Å². The van der Waals surface area contributed by atoms with Crippen LogP contribution in [-0.2, 0) is 16.1 Å². The standard InChI is InChI=1S/C18H29N5O2.C2H6/c19-12-16-13-20-23(14-16)17-3-7-22(8-4-17)18(25)11-15-1-5-21(6-2-15)9-10-24;1-2/h10,13-15,17H,1-9,11-12,19H2;1-2H3. The summed E-state index contributed by atoms with van der Waals surface area (Å²) in [6.07, 6.45) is 9.41. The van der Waals surface area contributed by atoms with E-state index in [1.807, 2.05) is 35.8 Å². The van der Waals surface area contributed by atoms with Gasteiger partial charge in [0.15, 0.2) is 0 Å². The van der Waals surface area contributed by atoms with Crippen molar-refractivity contribution in [3.63, 3.8) is 0 Å². The summed E-state index contributed by atoms with van der Waals surface area (Å²) in [5.74, 6) is 0.752. The Kier molecular flexibility index (Phi) is 8.94. The lowest BCUT2D eigenvalue weighted by molar-refractivity contribution is -0.134. The summed E-state index contributed by atoms with van der Waals surface area (Å²) in [5, 5.41) is 4.40. The van der Waals surface area contributed by atoms with Gasteiger partial charge >= 0.3 is 0 Å². The van der Waals surface area contributed by atoms with Gasteiger partial charge in [-0.2, -0.15) is 5.10 Å². The van der Waals surface area contributed by atoms with Crippen molar-refractivity contribution in [2.45, 2.75) is 58.5 Å². The first-order chi connectivity index (χ1) is 13.2. The molecular formula is C20H35N5O2. The molecule has 7 heteroatoms. The molecule has 0 aromatic carbocycles. The van der Waals surface area contributed by atoms with Crippen molar-refractivity contribution in [1.82, 2.24) is 19.6 Å². The van der Waals surface area contributed by atoms with Crippen LogP contribution in [0.15, 0.2) is 12.4 Å². The SMILES string of the molecule is CC.NCc1cnn(C2CCN(C(=O)CC3CCN(CC=O)CC3)CC2)c1. The zero-order chi connectivity index (χ0) is 19.6. The number of likely N-dealkylation sites (tertiary alicyclic amines) is 2. The summed E-state index contributed by atoms with van der Waals surface area (Å²) in [7, 11) is 0. The number of aldehydes is 1. The largest absolute Gasteiger partial charge is 0.343 e. The fraction of sp³-hybridized carbons (Fsp3) is 0.750. The molecule has 0 aliphatic carbocycles. The fourth-order valence-electron chi connectivity index (χ4n) is 3.92. The second kappa shape index (κ2) is 11.2. The van der Waals surface area contributed by atoms with Gasteiger partial charge < -0.3 is 15.4 Å². The zero-order valence-electron chi connectivity index (χ0n) is 16.8. The highest BCUT2D eigenvalue weighted by molar-refractivity contribution is 5.76. The van der Waals surface area contributed by atoms with Crippen molar-refractivity contribution in [1.29, 1.82) is 0 Å². The Morgan fingerprint density at radius 1 is 1.19 bits per heavy atom. The summed E-state index contributed by atoms with van der Waals surface area (Å²) in [6.45, 7) is 8.52. The van der Waals surface area contributed by atoms with E-state index in [2.05, 4.69) is 10.00 Å². The van der Waals surface area contributed by atoms with Gasteiger partial charge in [0.05, 0.1) is 18.8 Å². The quantitative estimate of drug-likeness (QED) is 0.765. The Labute approximate surface area is 162 Å². The number of hydrogen-bond donors (Lipinski definition) is 1. The Morgan fingerprint density at radius 2 is 1.85 bits per heavy atom. The van der Waals surface area contributed by atoms with Gasteiger partial charge in [0.25, 0.3) is 0 Å². The van der Waals surface area contributed by atoms with Crippen LogP contribution >= 0.6 is 0 Å². The number of rotatable bonds is 6. The second-order valence-corrected chi connectivity index (χ2v) is 7.26. The Morgan fingerprint density at radius 3 is 2.41 bits per heavy atom. The summed E-state index contributed by atoms with van der Waals surface area (Å²) in [6, 6.07) is 0.371. The van der Waals surface area contributed by atoms with Crippen LogP contribution in [0.5, 0.6) is 0 Å². The molecule has 0 radical (unpaired) electrons. The van der Waals surface area contributed by atoms with Crippen LogP contribution in [0.3, 0.4) is 0 Å². The number of carbonyl (C=O) groups is 2. The van der Waals surface area contributed by atoms with Crippen molar-refractivity contribution in [2.75, 3.05) is 32.7 Å². The molecule has 1 aromatic rings. The number of nitrogens with two attached hydrogens (primary N) is 1. The first kappa shape index (κ1) is 21.6. The van der Waals surface area contributed by atoms with Crippen LogP contribution < -0.4 is 5.73 Å². The third-order valence-electron chi connectivity index (χ3n) is 5.59. The van der Waals surface area contributed by atoms with Crippen molar-refractivity contribution < 1.29 is 9.59 Å². The van der Waals surface area contributed by atoms with E-state index >= 15 is 0 Å². The number of piperidine rings is 2. The molecule has 0 bridgehead atoms. The van der Waals surface area contributed by atoms with Crippen molar-refractivity contribution in [2.24, 2.45) is 11.7 Å². The molecule has 1 amide bonds. The maximum Gasteiger partial charge on any atom is 0.222 e. The number of carbonyl (C=O) groups excluding carboxylic acids is 2. The van der Waals surface area contributed by atoms with E-state index in [0.29, 0.717) is 31.5 Å². The number of hydrogen-bond acceptors (Lipinski definition) is 5. The Hall–Kier alpha value is -1.73. The van der Waals surface area contributed by atoms with Gasteiger partial charge in [0, 0.05) is 37.8 Å². The summed E-state index contributed by atoms with van der Waals surface area (Å²) in [4.78, 5) is 27.3. The minimum Gasteiger partial charge on any atom is -0.343 e. The lowest BCUT2D eigenvalue weighted by Gasteiger charge is -2.35. The van der Waals surface area contributed by atoms with E-state index in [1.54, 1.807) is 0 Å². The van der Waals surface area contributed by atoms with Crippen LogP contribution in [0, 0.1) is 5.92 Å². The highest BCUT2D eigenvalue weighted by atomic mass is 16.2. The van der Waals surface area contributed by atoms with Gasteiger partial charge in [-0.25, -0.2) is 0 Å². The molecule has 0 spiro atoms. The third-order valence-corrected chi connectivity index (χ3v) is 5.59. The van der Waals surface area contributed by atoms with Crippen LogP contribution in [-0.4, -0.2) is 64.5 Å². The van der Waals surface area contributed by atoms with Gasteiger partial charge in [0.2, 0.25) is 5.91 Å². The van der Waals surface area contributed by atoms with Crippen LogP contribution in [0.2, 0.25) is 0 Å². The molecule has 2 N–H and O–H groups in total. The molecule has 2 aliphatic rings. The predicted octanol–water partition coefficient (Wildman–Crippen LogP) is 1.83. The zero-order valence-corrected chi connectivity index (χ0v) is 16.8. The van der Waals surface area contributed by atoms with Gasteiger partial charge in [0.1, 0.15) is 6.29 Å². The fourth-order valence-corrected chi connectivity index (χ4v) is 3.92. The highest BCUT2D eigenvalue weighted by Crippen LogP contribution is 2.25. The molecule has 1 aromatic heterocycles. The topological polar surface area (TPSA) is 84.5 Å². The van der Waals surface area contributed by atoms with Gasteiger partial charge in [-0.05, 0) is 44.7 Å². The van der Waals surface area contributed by atoms with E-state index in [1.165, 1.54) is 0 Å². The average Bonchev–Trinajstić information content (AvgIpc) is 3.21. The molecule has 27 heavy (non-hydrogen) atoms. The van der Waals surface area contributed by atoms with Crippen molar-refractivity contribution >= 4 is 12.2 Å². The molecule has 2 aliphatic heterocycles. The molecule has 3 rings (SSSR count). The Balaban J connectivity index is 0.00000126. The molecular weight excluding hydrogens is 342 g/mol. The Bertz CT molecular complexity index is 573. The van der Waals surface area contributed by atoms with Gasteiger partial charge in [-0.1, -0.05) is 13.8 Å². The minimum atomic E-state index is 0.287. The molecule has 2 saturated heterocycles. The molecule has 0 saturated carbocycles. The van der Waals surface area contributed by atoms with E-state index in [0.717, 1.165) is 63.7 Å². The van der Waals surface area contributed by atoms with Crippen LogP contribution in [0.1, 0.15) is 57.6 Å². The summed E-state index contributed by atoms with van der Waals surface area (Å²) in [5.41, 5.74) is 6.70. The minimum absolute atomic E-state index is 0.287. The molecule has 3 heterocycles. The lowest BCUT2D eigenvalue weighted by Crippen LogP contribution is -2.41. The lowest BCUT2D eigenvalue weighted by atomic mass is 9.92. The van der Waals surface area contributed by atoms with Crippen molar-refractivity contribution in [3.8, 4) is 0 Å². The van der Waals surface area contributed by atoms with Gasteiger partial charge in [-0.3, -0.25) is 14.4 Å². The second-order valence-electron chi connectivity index (χ2n) is 7.26. The number of aromatic nitrogens is 2. The van der Waals surface area contributed by atoms with Crippen LogP contribution in [0.4, 0.5) is 0 Å². The highest BCUT2D eigenvalue weighted by Gasteiger charge is 2.27. The predicted molar refractivity (Wildman–Crippen MR) is 106 cm³/mol. The average molecular weight is 378 g/mol. The van der Waals surface area contributed by atoms with Gasteiger partial charge in [-0.15, -0.1) is 0 Å². The van der Waals surface area contributed by atoms with Crippen LogP contribution in [0.25, 0.3) is 0 Å². The third kappa shape index (κ3) is 6.14. The normalized spacial score (nSPS) is 19.4. The molecule has 7 nitrogen and oxygen atoms in total.